The van der Waals surface area contributed by atoms with Gasteiger partial charge in [-0.1, -0.05) is 11.8 Å². The number of carboxylic acids is 1. The second-order valence-corrected chi connectivity index (χ2v) is 3.73. The first-order valence-electron chi connectivity index (χ1n) is 4.19. The molecule has 0 bridgehead atoms. The van der Waals surface area contributed by atoms with Crippen LogP contribution in [0.2, 0.25) is 0 Å². The zero-order chi connectivity index (χ0) is 10.7. The molecule has 2 N–H and O–H groups in total. The molecule has 15 heavy (non-hydrogen) atoms. The van der Waals surface area contributed by atoms with E-state index in [9.17, 15) is 4.79 Å². The number of rotatable bonds is 4. The van der Waals surface area contributed by atoms with Crippen molar-refractivity contribution in [3.8, 4) is 0 Å². The van der Waals surface area contributed by atoms with E-state index in [0.717, 1.165) is 5.16 Å². The summed E-state index contributed by atoms with van der Waals surface area (Å²) in [7, 11) is 0. The maximum atomic E-state index is 10.7. The summed E-state index contributed by atoms with van der Waals surface area (Å²) in [6.45, 7) is 0. The topological polar surface area (TPSA) is 79.1 Å². The van der Waals surface area contributed by atoms with Crippen molar-refractivity contribution in [3.63, 3.8) is 0 Å². The van der Waals surface area contributed by atoms with Crippen LogP contribution in [0.5, 0.6) is 0 Å². The minimum atomic E-state index is -1.05. The van der Waals surface area contributed by atoms with Gasteiger partial charge in [-0.2, -0.15) is 0 Å². The summed E-state index contributed by atoms with van der Waals surface area (Å²) in [6, 6.07) is 1.65. The SMILES string of the molecule is O=C(O)c1occc1CSc1ncc[nH]1. The molecule has 0 aromatic carbocycles. The van der Waals surface area contributed by atoms with E-state index in [1.54, 1.807) is 18.5 Å². The average molecular weight is 224 g/mol. The zero-order valence-electron chi connectivity index (χ0n) is 7.64. The lowest BCUT2D eigenvalue weighted by molar-refractivity contribution is 0.0661. The molecule has 0 aliphatic heterocycles. The van der Waals surface area contributed by atoms with E-state index in [1.807, 2.05) is 0 Å². The first-order chi connectivity index (χ1) is 7.27. The standard InChI is InChI=1S/C9H8N2O3S/c12-8(13)7-6(1-4-14-7)5-15-9-10-2-3-11-9/h1-4H,5H2,(H,10,11)(H,12,13). The Bertz CT molecular complexity index is 450. The molecule has 2 rings (SSSR count). The number of hydrogen-bond acceptors (Lipinski definition) is 4. The predicted molar refractivity (Wildman–Crippen MR) is 53.8 cm³/mol. The number of thioether (sulfide) groups is 1. The van der Waals surface area contributed by atoms with E-state index in [-0.39, 0.29) is 5.76 Å². The fraction of sp³-hybridized carbons (Fsp3) is 0.111. The average Bonchev–Trinajstić information content (AvgIpc) is 2.86. The van der Waals surface area contributed by atoms with Gasteiger partial charge >= 0.3 is 5.97 Å². The third-order valence-corrected chi connectivity index (χ3v) is 2.73. The summed E-state index contributed by atoms with van der Waals surface area (Å²) < 4.78 is 4.85. The number of H-pyrrole nitrogens is 1. The Morgan fingerprint density at radius 1 is 1.67 bits per heavy atom. The summed E-state index contributed by atoms with van der Waals surface area (Å²) in [5.74, 6) is -0.532. The van der Waals surface area contributed by atoms with Gasteiger partial charge in [0.05, 0.1) is 6.26 Å². The third-order valence-electron chi connectivity index (χ3n) is 1.78. The quantitative estimate of drug-likeness (QED) is 0.776. The van der Waals surface area contributed by atoms with Crippen LogP contribution in [0.25, 0.3) is 0 Å². The van der Waals surface area contributed by atoms with Crippen LogP contribution in [-0.2, 0) is 5.75 Å². The lowest BCUT2D eigenvalue weighted by atomic mass is 10.3. The molecule has 0 saturated carbocycles. The molecule has 2 aromatic rings. The molecule has 0 unspecified atom stereocenters. The number of carbonyl (C=O) groups is 1. The van der Waals surface area contributed by atoms with E-state index >= 15 is 0 Å². The second kappa shape index (κ2) is 4.22. The Morgan fingerprint density at radius 3 is 3.20 bits per heavy atom. The molecular formula is C9H8N2O3S. The Balaban J connectivity index is 2.05. The van der Waals surface area contributed by atoms with Crippen LogP contribution in [0.1, 0.15) is 16.1 Å². The van der Waals surface area contributed by atoms with Crippen LogP contribution in [0.3, 0.4) is 0 Å². The second-order valence-electron chi connectivity index (χ2n) is 2.76. The summed E-state index contributed by atoms with van der Waals surface area (Å²) in [5, 5.41) is 9.54. The number of nitrogens with one attached hydrogen (secondary N) is 1. The number of aromatic carboxylic acids is 1. The number of furan rings is 1. The Labute approximate surface area is 89.5 Å². The minimum Gasteiger partial charge on any atom is -0.475 e. The van der Waals surface area contributed by atoms with Crippen molar-refractivity contribution in [3.05, 3.63) is 36.0 Å². The maximum absolute atomic E-state index is 10.7. The van der Waals surface area contributed by atoms with E-state index in [0.29, 0.717) is 11.3 Å². The molecule has 0 amide bonds. The summed E-state index contributed by atoms with van der Waals surface area (Å²) in [5.41, 5.74) is 0.656. The summed E-state index contributed by atoms with van der Waals surface area (Å²) in [4.78, 5) is 17.7. The highest BCUT2D eigenvalue weighted by Gasteiger charge is 2.13. The van der Waals surface area contributed by atoms with Gasteiger partial charge in [0.1, 0.15) is 0 Å². The van der Waals surface area contributed by atoms with Crippen molar-refractivity contribution in [1.82, 2.24) is 9.97 Å². The van der Waals surface area contributed by atoms with Crippen LogP contribution in [0, 0.1) is 0 Å². The van der Waals surface area contributed by atoms with Crippen LogP contribution in [0.15, 0.2) is 34.3 Å². The molecule has 0 atom stereocenters. The van der Waals surface area contributed by atoms with Gasteiger partial charge in [0.15, 0.2) is 5.16 Å². The maximum Gasteiger partial charge on any atom is 0.372 e. The molecule has 0 radical (unpaired) electrons. The van der Waals surface area contributed by atoms with Crippen LogP contribution >= 0.6 is 11.8 Å². The van der Waals surface area contributed by atoms with Gasteiger partial charge in [-0.15, -0.1) is 0 Å². The molecule has 2 heterocycles. The van der Waals surface area contributed by atoms with Gasteiger partial charge in [0.2, 0.25) is 5.76 Å². The smallest absolute Gasteiger partial charge is 0.372 e. The van der Waals surface area contributed by atoms with E-state index < -0.39 is 5.97 Å². The fourth-order valence-electron chi connectivity index (χ4n) is 1.11. The van der Waals surface area contributed by atoms with Crippen molar-refractivity contribution in [2.24, 2.45) is 0 Å². The summed E-state index contributed by atoms with van der Waals surface area (Å²) >= 11 is 1.43. The number of hydrogen-bond donors (Lipinski definition) is 2. The Morgan fingerprint density at radius 2 is 2.53 bits per heavy atom. The molecule has 78 valence electrons. The number of aromatic nitrogens is 2. The molecule has 0 aliphatic rings. The van der Waals surface area contributed by atoms with Gasteiger partial charge in [-0.25, -0.2) is 9.78 Å². The number of nitrogens with zero attached hydrogens (tertiary/aromatic N) is 1. The number of carboxylic acid groups (broad SMARTS) is 1. The molecule has 2 aromatic heterocycles. The van der Waals surface area contributed by atoms with Crippen molar-refractivity contribution < 1.29 is 14.3 Å². The van der Waals surface area contributed by atoms with Crippen molar-refractivity contribution in [2.75, 3.05) is 0 Å². The predicted octanol–water partition coefficient (Wildman–Crippen LogP) is 1.99. The van der Waals surface area contributed by atoms with E-state index in [1.165, 1.54) is 18.0 Å². The monoisotopic (exact) mass is 224 g/mol. The molecule has 0 spiro atoms. The van der Waals surface area contributed by atoms with Gasteiger partial charge in [0, 0.05) is 23.7 Å². The first-order valence-corrected chi connectivity index (χ1v) is 5.18. The van der Waals surface area contributed by atoms with Gasteiger partial charge < -0.3 is 14.5 Å². The number of aromatic amines is 1. The van der Waals surface area contributed by atoms with Crippen molar-refractivity contribution in [1.29, 1.82) is 0 Å². The van der Waals surface area contributed by atoms with Gasteiger partial charge in [0.25, 0.3) is 0 Å². The highest BCUT2D eigenvalue weighted by molar-refractivity contribution is 7.98. The van der Waals surface area contributed by atoms with Crippen LogP contribution in [0.4, 0.5) is 0 Å². The third kappa shape index (κ3) is 2.21. The van der Waals surface area contributed by atoms with Crippen molar-refractivity contribution in [2.45, 2.75) is 10.9 Å². The molecule has 6 heteroatoms. The first kappa shape index (κ1) is 9.85. The fourth-order valence-corrected chi connectivity index (χ4v) is 1.92. The Hall–Kier alpha value is -1.69. The van der Waals surface area contributed by atoms with Crippen molar-refractivity contribution >= 4 is 17.7 Å². The van der Waals surface area contributed by atoms with E-state index in [2.05, 4.69) is 9.97 Å². The highest BCUT2D eigenvalue weighted by Crippen LogP contribution is 2.22. The van der Waals surface area contributed by atoms with Crippen LogP contribution in [-0.4, -0.2) is 21.0 Å². The van der Waals surface area contributed by atoms with E-state index in [4.69, 9.17) is 9.52 Å². The lowest BCUT2D eigenvalue weighted by Crippen LogP contribution is -1.97. The minimum absolute atomic E-state index is 0.00550. The zero-order valence-corrected chi connectivity index (χ0v) is 8.45. The van der Waals surface area contributed by atoms with Gasteiger partial charge in [-0.3, -0.25) is 0 Å². The molecule has 0 aliphatic carbocycles. The Kier molecular flexibility index (Phi) is 2.77. The molecule has 5 nitrogen and oxygen atoms in total. The summed E-state index contributed by atoms with van der Waals surface area (Å²) in [6.07, 6.45) is 4.74. The lowest BCUT2D eigenvalue weighted by Gasteiger charge is -1.96. The molecule has 0 fully saturated rings. The largest absolute Gasteiger partial charge is 0.475 e. The number of imidazole rings is 1. The molecular weight excluding hydrogens is 216 g/mol. The van der Waals surface area contributed by atoms with Gasteiger partial charge in [-0.05, 0) is 6.07 Å². The van der Waals surface area contributed by atoms with Crippen LogP contribution < -0.4 is 0 Å². The highest BCUT2D eigenvalue weighted by atomic mass is 32.2. The molecule has 0 saturated heterocycles. The normalized spacial score (nSPS) is 10.4.